The average molecular weight is 1250 g/mol. The van der Waals surface area contributed by atoms with Gasteiger partial charge in [-0.1, -0.05) is 210 Å². The van der Waals surface area contributed by atoms with Gasteiger partial charge in [0.2, 0.25) is 0 Å². The van der Waals surface area contributed by atoms with E-state index in [2.05, 4.69) is 212 Å². The molecule has 1 atom stereocenters. The van der Waals surface area contributed by atoms with E-state index in [0.29, 0.717) is 24.5 Å². The van der Waals surface area contributed by atoms with E-state index in [9.17, 15) is 10.2 Å². The number of rotatable bonds is 10. The number of aromatic nitrogens is 8. The molecule has 0 saturated carbocycles. The summed E-state index contributed by atoms with van der Waals surface area (Å²) in [5.41, 5.74) is 13.5. The van der Waals surface area contributed by atoms with Crippen LogP contribution in [-0.2, 0) is 53.2 Å². The molecule has 13 heteroatoms. The van der Waals surface area contributed by atoms with Gasteiger partial charge in [-0.15, -0.1) is 10.2 Å². The molecule has 0 spiro atoms. The molecule has 10 aromatic rings. The minimum atomic E-state index is -1.58. The third-order valence-electron chi connectivity index (χ3n) is 17.5. The quantitative estimate of drug-likeness (QED) is 0.135. The molecule has 14 rings (SSSR count). The van der Waals surface area contributed by atoms with E-state index in [1.807, 2.05) is 91.3 Å². The van der Waals surface area contributed by atoms with E-state index < -0.39 is 5.60 Å². The molecule has 4 aliphatic heterocycles. The van der Waals surface area contributed by atoms with Crippen LogP contribution >= 0.6 is 0 Å². The molecule has 0 aliphatic carbocycles. The summed E-state index contributed by atoms with van der Waals surface area (Å²) in [5, 5.41) is 41.5. The van der Waals surface area contributed by atoms with Gasteiger partial charge in [0.1, 0.15) is 22.9 Å². The van der Waals surface area contributed by atoms with Crippen LogP contribution < -0.4 is 9.47 Å². The Hall–Kier alpha value is -8.62. The Morgan fingerprint density at radius 1 is 0.452 bits per heavy atom. The van der Waals surface area contributed by atoms with Crippen molar-refractivity contribution in [3.8, 4) is 45.5 Å². The molecule has 0 radical (unpaired) electrons. The lowest BCUT2D eigenvalue weighted by Crippen LogP contribution is -2.39. The fourth-order valence-corrected chi connectivity index (χ4v) is 11.5. The second-order valence-electron chi connectivity index (χ2n) is 29.1. The fraction of sp³-hybridized carbons (Fsp3) is 0.375. The molecule has 0 amide bonds. The second kappa shape index (κ2) is 29.1. The third kappa shape index (κ3) is 17.8. The summed E-state index contributed by atoms with van der Waals surface area (Å²) in [6.45, 7) is 29.4. The van der Waals surface area contributed by atoms with Crippen LogP contribution in [0.5, 0.6) is 11.5 Å². The van der Waals surface area contributed by atoms with E-state index >= 15 is 0 Å². The highest BCUT2D eigenvalue weighted by Gasteiger charge is 2.39. The van der Waals surface area contributed by atoms with Crippen molar-refractivity contribution < 1.29 is 19.7 Å². The van der Waals surface area contributed by atoms with E-state index in [4.69, 9.17) is 19.4 Å². The molecular formula is C80H95N9O4. The van der Waals surface area contributed by atoms with Gasteiger partial charge in [0.25, 0.3) is 0 Å². The predicted octanol–water partition coefficient (Wildman–Crippen LogP) is 16.7. The lowest BCUT2D eigenvalue weighted by Gasteiger charge is -2.31. The summed E-state index contributed by atoms with van der Waals surface area (Å²) < 4.78 is 15.6. The molecular weight excluding hydrogens is 1150 g/mol. The van der Waals surface area contributed by atoms with E-state index in [0.717, 1.165) is 102 Å². The van der Waals surface area contributed by atoms with Gasteiger partial charge in [-0.25, -0.2) is 19.3 Å². The molecule has 4 aromatic heterocycles. The zero-order valence-corrected chi connectivity index (χ0v) is 56.8. The maximum Gasteiger partial charge on any atom is 0.159 e. The van der Waals surface area contributed by atoms with Gasteiger partial charge < -0.3 is 19.7 Å². The topological polar surface area (TPSA) is 149 Å². The van der Waals surface area contributed by atoms with Crippen molar-refractivity contribution in [1.82, 2.24) is 44.9 Å². The van der Waals surface area contributed by atoms with Crippen LogP contribution in [-0.4, -0.2) is 80.9 Å². The van der Waals surface area contributed by atoms with Crippen molar-refractivity contribution in [1.29, 1.82) is 0 Å². The van der Waals surface area contributed by atoms with Crippen molar-refractivity contribution in [2.24, 2.45) is 0 Å². The Morgan fingerprint density at radius 2 is 0.892 bits per heavy atom. The monoisotopic (exact) mass is 1250 g/mol. The lowest BCUT2D eigenvalue weighted by molar-refractivity contribution is 0.0716. The van der Waals surface area contributed by atoms with Crippen LogP contribution in [0.2, 0.25) is 0 Å². The number of aliphatic hydroxyl groups is 2. The average Bonchev–Trinajstić information content (AvgIpc) is 1.66. The SMILES string of the molecule is CC(C)(C)c1cc(-n2cc(C(O)(Cc3ccccc3)c3cn(-c4cc(C(C)(C)C)cc(C(C)(C)C)c4)nn3)nn2)cc(C(C)(C)C)c1.OC[C@H](Cc1ccccc1)N1Cc2ccc(cc2)OCCCCCCCOc2ccc(cc2)-c2cccc(n2)-c2cccc(n2)C1. The van der Waals surface area contributed by atoms with Crippen molar-refractivity contribution in [3.63, 3.8) is 0 Å². The van der Waals surface area contributed by atoms with Gasteiger partial charge in [-0.2, -0.15) is 0 Å². The molecule has 0 saturated heterocycles. The molecule has 0 fully saturated rings. The first-order valence-electron chi connectivity index (χ1n) is 33.1. The largest absolute Gasteiger partial charge is 0.494 e. The summed E-state index contributed by atoms with van der Waals surface area (Å²) in [7, 11) is 0. The van der Waals surface area contributed by atoms with Crippen molar-refractivity contribution >= 4 is 0 Å². The highest BCUT2D eigenvalue weighted by molar-refractivity contribution is 5.65. The molecule has 13 nitrogen and oxygen atoms in total. The van der Waals surface area contributed by atoms with E-state index in [-0.39, 0.29) is 40.7 Å². The van der Waals surface area contributed by atoms with Crippen molar-refractivity contribution in [2.45, 2.75) is 174 Å². The van der Waals surface area contributed by atoms with Gasteiger partial charge in [0.05, 0.1) is 66.4 Å². The Balaban J connectivity index is 0.000000203. The van der Waals surface area contributed by atoms with Crippen LogP contribution in [0, 0.1) is 0 Å². The van der Waals surface area contributed by atoms with Crippen molar-refractivity contribution in [3.05, 3.63) is 250 Å². The standard InChI is InChI=1S/C40H52N6O.C40H43N3O3/c1-36(2,3)28-18-29(37(4,5)6)21-32(20-28)45-25-34(41-43-45)40(47,24-27-16-14-13-15-17-27)35-26-46(44-42-35)33-22-30(38(7,8)9)19-31(23-33)39(10,11)12;44-30-35(27-31-11-5-4-6-12-31)43-28-32-17-21-36(22-18-32)45-25-7-2-1-3-8-26-46-37-23-19-33(20-24-37)38-14-10-16-40(42-38)39-15-9-13-34(29-43)41-39/h13-23,25-26,47H,24H2,1-12H3;4-6,9-24,35,44H,1-3,7-8,25-30H2/t;35-/m.0/s1. The molecule has 93 heavy (non-hydrogen) atoms. The molecule has 6 aromatic carbocycles. The number of aliphatic hydroxyl groups excluding tert-OH is 1. The molecule has 484 valence electrons. The number of hydrogen-bond donors (Lipinski definition) is 2. The highest BCUT2D eigenvalue weighted by atomic mass is 16.5. The van der Waals surface area contributed by atoms with Gasteiger partial charge in [0.15, 0.2) is 5.60 Å². The predicted molar refractivity (Wildman–Crippen MR) is 374 cm³/mol. The Labute approximate surface area is 551 Å². The first kappa shape index (κ1) is 67.3. The summed E-state index contributed by atoms with van der Waals surface area (Å²) in [5.74, 6) is 1.77. The Bertz CT molecular complexity index is 3840. The van der Waals surface area contributed by atoms with E-state index in [1.54, 1.807) is 9.36 Å². The Kier molecular flexibility index (Phi) is 21.1. The zero-order chi connectivity index (χ0) is 66.0. The number of nitrogens with zero attached hydrogens (tertiary/aromatic N) is 9. The summed E-state index contributed by atoms with van der Waals surface area (Å²) in [6, 6.07) is 62.2. The highest BCUT2D eigenvalue weighted by Crippen LogP contribution is 2.37. The maximum absolute atomic E-state index is 12.6. The van der Waals surface area contributed by atoms with Gasteiger partial charge >= 0.3 is 0 Å². The minimum absolute atomic E-state index is 0.0449. The first-order valence-corrected chi connectivity index (χ1v) is 33.1. The third-order valence-corrected chi connectivity index (χ3v) is 17.5. The Morgan fingerprint density at radius 3 is 1.38 bits per heavy atom. The number of pyridine rings is 2. The van der Waals surface area contributed by atoms with Gasteiger partial charge in [0, 0.05) is 31.1 Å². The smallest absolute Gasteiger partial charge is 0.159 e. The van der Waals surface area contributed by atoms with Gasteiger partial charge in [-0.3, -0.25) is 4.90 Å². The molecule has 4 aliphatic rings. The van der Waals surface area contributed by atoms with Crippen LogP contribution in [0.4, 0.5) is 0 Å². The normalized spacial score (nSPS) is 14.4. The fourth-order valence-electron chi connectivity index (χ4n) is 11.5. The molecule has 8 heterocycles. The molecule has 0 unspecified atom stereocenters. The zero-order valence-electron chi connectivity index (χ0n) is 56.8. The van der Waals surface area contributed by atoms with Crippen LogP contribution in [0.15, 0.2) is 194 Å². The lowest BCUT2D eigenvalue weighted by atomic mass is 9.80. The number of hydrogen-bond acceptors (Lipinski definition) is 11. The van der Waals surface area contributed by atoms with Crippen LogP contribution in [0.25, 0.3) is 34.0 Å². The van der Waals surface area contributed by atoms with Crippen LogP contribution in [0.1, 0.15) is 171 Å². The van der Waals surface area contributed by atoms with E-state index in [1.165, 1.54) is 39.8 Å². The summed E-state index contributed by atoms with van der Waals surface area (Å²) in [4.78, 5) is 12.4. The van der Waals surface area contributed by atoms with Crippen LogP contribution in [0.3, 0.4) is 0 Å². The minimum Gasteiger partial charge on any atom is -0.494 e. The first-order chi connectivity index (χ1) is 44.4. The summed E-state index contributed by atoms with van der Waals surface area (Å²) in [6.07, 6.45) is 10.2. The molecule has 2 N–H and O–H groups in total. The summed E-state index contributed by atoms with van der Waals surface area (Å²) >= 11 is 0. The van der Waals surface area contributed by atoms with Gasteiger partial charge in [-0.05, 0) is 165 Å². The molecule has 8 bridgehead atoms. The maximum atomic E-state index is 12.6. The number of ether oxygens (including phenoxy) is 2. The number of benzene rings is 6. The van der Waals surface area contributed by atoms with Crippen molar-refractivity contribution in [2.75, 3.05) is 19.8 Å². The second-order valence-corrected chi connectivity index (χ2v) is 29.1.